The third-order valence-corrected chi connectivity index (χ3v) is 3.85. The molecule has 0 aliphatic carbocycles. The highest BCUT2D eigenvalue weighted by atomic mass is 79.9. The third-order valence-electron chi connectivity index (χ3n) is 3.40. The first-order valence-electron chi connectivity index (χ1n) is 6.00. The van der Waals surface area contributed by atoms with E-state index in [1.54, 1.807) is 0 Å². The third kappa shape index (κ3) is 3.44. The van der Waals surface area contributed by atoms with E-state index in [0.29, 0.717) is 5.56 Å². The highest BCUT2D eigenvalue weighted by Crippen LogP contribution is 2.28. The number of nitrogens with zero attached hydrogens (tertiary/aromatic N) is 1. The molecule has 0 unspecified atom stereocenters. The maximum Gasteiger partial charge on any atom is 0.130 e. The lowest BCUT2D eigenvalue weighted by Crippen LogP contribution is -2.44. The van der Waals surface area contributed by atoms with E-state index in [1.807, 2.05) is 19.1 Å². The van der Waals surface area contributed by atoms with E-state index in [1.165, 1.54) is 0 Å². The van der Waals surface area contributed by atoms with Gasteiger partial charge in [0.05, 0.1) is 0 Å². The molecule has 1 saturated heterocycles. The molecular formula is C13H19BrClFN2. The number of nitrogens with one attached hydrogen (secondary N) is 1. The van der Waals surface area contributed by atoms with E-state index < -0.39 is 0 Å². The molecule has 1 aromatic rings. The van der Waals surface area contributed by atoms with Gasteiger partial charge in [0.15, 0.2) is 0 Å². The summed E-state index contributed by atoms with van der Waals surface area (Å²) in [6, 6.07) is 3.85. The van der Waals surface area contributed by atoms with Crippen LogP contribution in [-0.2, 0) is 0 Å². The van der Waals surface area contributed by atoms with Crippen LogP contribution in [0.15, 0.2) is 16.6 Å². The lowest BCUT2D eigenvalue weighted by atomic mass is 10.0. The molecule has 18 heavy (non-hydrogen) atoms. The Morgan fingerprint density at radius 3 is 2.56 bits per heavy atom. The van der Waals surface area contributed by atoms with Gasteiger partial charge in [0.25, 0.3) is 0 Å². The van der Waals surface area contributed by atoms with Crippen molar-refractivity contribution in [2.45, 2.75) is 19.9 Å². The number of hydrogen-bond donors (Lipinski definition) is 1. The van der Waals surface area contributed by atoms with Gasteiger partial charge in [-0.05, 0) is 31.5 Å². The van der Waals surface area contributed by atoms with Crippen LogP contribution in [0.1, 0.15) is 24.1 Å². The number of rotatable bonds is 2. The number of piperazine rings is 1. The molecule has 0 radical (unpaired) electrons. The minimum atomic E-state index is -0.0702. The molecule has 2 rings (SSSR count). The Kier molecular flexibility index (Phi) is 6.05. The molecule has 0 spiro atoms. The fourth-order valence-electron chi connectivity index (χ4n) is 2.32. The predicted molar refractivity (Wildman–Crippen MR) is 78.9 cm³/mol. The summed E-state index contributed by atoms with van der Waals surface area (Å²) in [4.78, 5) is 2.32. The first kappa shape index (κ1) is 15.9. The summed E-state index contributed by atoms with van der Waals surface area (Å²) in [7, 11) is 0. The zero-order chi connectivity index (χ0) is 12.4. The molecule has 0 amide bonds. The number of benzene rings is 1. The lowest BCUT2D eigenvalue weighted by Gasteiger charge is -2.33. The fourth-order valence-corrected chi connectivity index (χ4v) is 2.91. The zero-order valence-electron chi connectivity index (χ0n) is 10.7. The molecule has 0 aromatic heterocycles. The summed E-state index contributed by atoms with van der Waals surface area (Å²) in [5, 5.41) is 3.31. The van der Waals surface area contributed by atoms with Crippen molar-refractivity contribution in [1.29, 1.82) is 0 Å². The van der Waals surface area contributed by atoms with Crippen LogP contribution in [0.4, 0.5) is 4.39 Å². The van der Waals surface area contributed by atoms with E-state index in [-0.39, 0.29) is 24.3 Å². The second kappa shape index (κ2) is 6.85. The van der Waals surface area contributed by atoms with Crippen LogP contribution in [0.5, 0.6) is 0 Å². The fraction of sp³-hybridized carbons (Fsp3) is 0.538. The van der Waals surface area contributed by atoms with Gasteiger partial charge in [-0.3, -0.25) is 4.90 Å². The first-order valence-corrected chi connectivity index (χ1v) is 6.79. The van der Waals surface area contributed by atoms with Crippen LogP contribution in [0, 0.1) is 12.7 Å². The summed E-state index contributed by atoms with van der Waals surface area (Å²) < 4.78 is 15.1. The van der Waals surface area contributed by atoms with Gasteiger partial charge in [0.2, 0.25) is 0 Å². The molecule has 1 aromatic carbocycles. The number of halogens is 3. The van der Waals surface area contributed by atoms with Crippen molar-refractivity contribution in [3.05, 3.63) is 33.5 Å². The summed E-state index contributed by atoms with van der Waals surface area (Å²) in [6.45, 7) is 7.82. The van der Waals surface area contributed by atoms with Crippen molar-refractivity contribution in [2.75, 3.05) is 26.2 Å². The Morgan fingerprint density at radius 2 is 1.94 bits per heavy atom. The van der Waals surface area contributed by atoms with E-state index in [2.05, 4.69) is 33.1 Å². The lowest BCUT2D eigenvalue weighted by molar-refractivity contribution is 0.182. The Labute approximate surface area is 122 Å². The molecule has 1 N–H and O–H groups in total. The molecule has 1 fully saturated rings. The van der Waals surface area contributed by atoms with Crippen LogP contribution >= 0.6 is 28.3 Å². The average molecular weight is 338 g/mol. The molecule has 2 nitrogen and oxygen atoms in total. The number of hydrogen-bond acceptors (Lipinski definition) is 2. The van der Waals surface area contributed by atoms with E-state index in [9.17, 15) is 4.39 Å². The minimum absolute atomic E-state index is 0. The van der Waals surface area contributed by atoms with Gasteiger partial charge in [0.1, 0.15) is 5.82 Å². The van der Waals surface area contributed by atoms with E-state index in [0.717, 1.165) is 36.2 Å². The predicted octanol–water partition coefficient (Wildman–Crippen LogP) is 3.28. The van der Waals surface area contributed by atoms with Crippen molar-refractivity contribution < 1.29 is 4.39 Å². The van der Waals surface area contributed by atoms with Crippen LogP contribution in [0.25, 0.3) is 0 Å². The van der Waals surface area contributed by atoms with Crippen molar-refractivity contribution in [1.82, 2.24) is 10.2 Å². The molecule has 102 valence electrons. The molecule has 5 heteroatoms. The molecule has 1 atom stereocenters. The Morgan fingerprint density at radius 1 is 1.33 bits per heavy atom. The maximum absolute atomic E-state index is 14.1. The highest BCUT2D eigenvalue weighted by molar-refractivity contribution is 9.10. The topological polar surface area (TPSA) is 15.3 Å². The smallest absolute Gasteiger partial charge is 0.130 e. The quantitative estimate of drug-likeness (QED) is 0.891. The van der Waals surface area contributed by atoms with Gasteiger partial charge in [-0.15, -0.1) is 12.4 Å². The Balaban J connectivity index is 0.00000162. The molecule has 0 bridgehead atoms. The molecule has 1 heterocycles. The van der Waals surface area contributed by atoms with Crippen molar-refractivity contribution in [2.24, 2.45) is 0 Å². The van der Waals surface area contributed by atoms with Crippen molar-refractivity contribution >= 4 is 28.3 Å². The van der Waals surface area contributed by atoms with Gasteiger partial charge in [-0.1, -0.05) is 15.9 Å². The number of aryl methyl sites for hydroxylation is 1. The van der Waals surface area contributed by atoms with Crippen molar-refractivity contribution in [3.63, 3.8) is 0 Å². The molecule has 0 saturated carbocycles. The van der Waals surface area contributed by atoms with Crippen LogP contribution in [0.3, 0.4) is 0 Å². The van der Waals surface area contributed by atoms with Gasteiger partial charge >= 0.3 is 0 Å². The zero-order valence-corrected chi connectivity index (χ0v) is 13.1. The Hall–Kier alpha value is -0.160. The minimum Gasteiger partial charge on any atom is -0.314 e. The normalized spacial score (nSPS) is 18.2. The SMILES string of the molecule is Cc1cc(Br)cc([C@H](C)N2CCNCC2)c1F.Cl. The molecule has 1 aliphatic rings. The van der Waals surface area contributed by atoms with Gasteiger partial charge < -0.3 is 5.32 Å². The molecular weight excluding hydrogens is 319 g/mol. The standard InChI is InChI=1S/C13H18BrFN2.ClH/c1-9-7-11(14)8-12(13(9)15)10(2)17-5-3-16-4-6-17;/h7-8,10,16H,3-6H2,1-2H3;1H/t10-;/m0./s1. The monoisotopic (exact) mass is 336 g/mol. The van der Waals surface area contributed by atoms with E-state index >= 15 is 0 Å². The van der Waals surface area contributed by atoms with Crippen LogP contribution in [0.2, 0.25) is 0 Å². The summed E-state index contributed by atoms with van der Waals surface area (Å²) in [6.07, 6.45) is 0. The Bertz CT molecular complexity index is 408. The first-order chi connectivity index (χ1) is 8.09. The van der Waals surface area contributed by atoms with Gasteiger partial charge in [-0.25, -0.2) is 4.39 Å². The molecule has 1 aliphatic heterocycles. The highest BCUT2D eigenvalue weighted by Gasteiger charge is 2.21. The summed E-state index contributed by atoms with van der Waals surface area (Å²) >= 11 is 3.44. The summed E-state index contributed by atoms with van der Waals surface area (Å²) in [5.41, 5.74) is 1.50. The van der Waals surface area contributed by atoms with Crippen molar-refractivity contribution in [3.8, 4) is 0 Å². The van der Waals surface area contributed by atoms with Crippen LogP contribution in [-0.4, -0.2) is 31.1 Å². The summed E-state index contributed by atoms with van der Waals surface area (Å²) in [5.74, 6) is -0.0702. The van der Waals surface area contributed by atoms with Gasteiger partial charge in [0, 0.05) is 42.3 Å². The average Bonchev–Trinajstić information content (AvgIpc) is 2.34. The van der Waals surface area contributed by atoms with Crippen LogP contribution < -0.4 is 5.32 Å². The maximum atomic E-state index is 14.1. The van der Waals surface area contributed by atoms with E-state index in [4.69, 9.17) is 0 Å². The van der Waals surface area contributed by atoms with Gasteiger partial charge in [-0.2, -0.15) is 0 Å². The second-order valence-corrected chi connectivity index (χ2v) is 5.50. The largest absolute Gasteiger partial charge is 0.314 e. The second-order valence-electron chi connectivity index (χ2n) is 4.59.